The molecule has 0 bridgehead atoms. The lowest BCUT2D eigenvalue weighted by Crippen LogP contribution is -2.53. The number of carbonyl (C=O) groups is 2. The van der Waals surface area contributed by atoms with Gasteiger partial charge in [-0.25, -0.2) is 4.98 Å². The Morgan fingerprint density at radius 1 is 0.930 bits per heavy atom. The summed E-state index contributed by atoms with van der Waals surface area (Å²) < 4.78 is 7.06. The van der Waals surface area contributed by atoms with E-state index in [1.807, 2.05) is 62.4 Å². The normalized spacial score (nSPS) is 17.5. The third-order valence-electron chi connectivity index (χ3n) is 8.33. The van der Waals surface area contributed by atoms with Crippen LogP contribution in [0.1, 0.15) is 38.4 Å². The lowest BCUT2D eigenvalue weighted by Gasteiger charge is -2.32. The summed E-state index contributed by atoms with van der Waals surface area (Å²) in [7, 11) is 0. The molecule has 0 aliphatic carbocycles. The van der Waals surface area contributed by atoms with Crippen molar-refractivity contribution in [3.05, 3.63) is 134 Å². The number of thiazole rings is 1. The Kier molecular flexibility index (Phi) is 5.48. The number of hydrogen-bond acceptors (Lipinski definition) is 6. The van der Waals surface area contributed by atoms with Crippen LogP contribution in [0, 0.1) is 13.8 Å². The van der Waals surface area contributed by atoms with Crippen LogP contribution in [-0.4, -0.2) is 16.8 Å². The van der Waals surface area contributed by atoms with Gasteiger partial charge in [-0.15, -0.1) is 0 Å². The molecule has 1 unspecified atom stereocenters. The molecule has 2 amide bonds. The van der Waals surface area contributed by atoms with Crippen molar-refractivity contribution in [2.45, 2.75) is 25.9 Å². The first-order valence-corrected chi connectivity index (χ1v) is 14.9. The van der Waals surface area contributed by atoms with Gasteiger partial charge in [0.25, 0.3) is 11.8 Å². The molecule has 9 heteroatoms. The van der Waals surface area contributed by atoms with Gasteiger partial charge < -0.3 is 9.32 Å². The highest BCUT2D eigenvalue weighted by atomic mass is 35.5. The molecule has 7 nitrogen and oxygen atoms in total. The van der Waals surface area contributed by atoms with Gasteiger partial charge in [0.05, 0.1) is 33.4 Å². The number of nitrogens with zero attached hydrogens (tertiary/aromatic N) is 3. The summed E-state index contributed by atoms with van der Waals surface area (Å²) >= 11 is 7.86. The van der Waals surface area contributed by atoms with E-state index in [0.717, 1.165) is 26.9 Å². The summed E-state index contributed by atoms with van der Waals surface area (Å²) in [6.07, 6.45) is 0. The maximum Gasteiger partial charge on any atom is 0.297 e. The number of benzene rings is 4. The van der Waals surface area contributed by atoms with Crippen molar-refractivity contribution in [1.29, 1.82) is 0 Å². The monoisotopic (exact) mass is 603 g/mol. The van der Waals surface area contributed by atoms with E-state index in [0.29, 0.717) is 26.8 Å². The van der Waals surface area contributed by atoms with E-state index in [-0.39, 0.29) is 23.5 Å². The molecule has 0 saturated carbocycles. The number of halogens is 1. The molecule has 0 radical (unpaired) electrons. The summed E-state index contributed by atoms with van der Waals surface area (Å²) in [5.41, 5.74) is 2.60. The van der Waals surface area contributed by atoms with Crippen LogP contribution in [0.4, 0.5) is 10.8 Å². The van der Waals surface area contributed by atoms with Crippen molar-refractivity contribution in [3.63, 3.8) is 0 Å². The van der Waals surface area contributed by atoms with Gasteiger partial charge in [0.15, 0.2) is 16.1 Å². The number of aryl methyl sites for hydroxylation is 2. The summed E-state index contributed by atoms with van der Waals surface area (Å²) in [5, 5.41) is 1.11. The quantitative estimate of drug-likeness (QED) is 0.215. The smallest absolute Gasteiger partial charge is 0.297 e. The number of amides is 2. The van der Waals surface area contributed by atoms with Gasteiger partial charge in [-0.1, -0.05) is 77.5 Å². The van der Waals surface area contributed by atoms with Crippen LogP contribution in [-0.2, 0) is 16.9 Å². The molecule has 210 valence electrons. The number of aromatic nitrogens is 1. The Bertz CT molecular complexity index is 2260. The van der Waals surface area contributed by atoms with Crippen molar-refractivity contribution in [2.75, 3.05) is 9.80 Å². The minimum atomic E-state index is -1.83. The average Bonchev–Trinajstić information content (AvgIpc) is 3.61. The van der Waals surface area contributed by atoms with Crippen LogP contribution in [0.15, 0.2) is 94.1 Å². The minimum absolute atomic E-state index is 0.00228. The molecule has 2 aromatic heterocycles. The summed E-state index contributed by atoms with van der Waals surface area (Å²) in [5.74, 6) is -1.19. The minimum Gasteiger partial charge on any atom is -0.450 e. The topological polar surface area (TPSA) is 83.7 Å². The van der Waals surface area contributed by atoms with Gasteiger partial charge in [-0.3, -0.25) is 19.3 Å². The van der Waals surface area contributed by atoms with E-state index >= 15 is 4.79 Å². The molecule has 8 rings (SSSR count). The highest BCUT2D eigenvalue weighted by molar-refractivity contribution is 7.22. The van der Waals surface area contributed by atoms with E-state index in [1.54, 1.807) is 41.3 Å². The summed E-state index contributed by atoms with van der Waals surface area (Å²) in [6.45, 7) is 4.11. The Hall–Kier alpha value is -4.79. The molecule has 4 heterocycles. The Labute approximate surface area is 254 Å². The number of fused-ring (bicyclic) bond motifs is 6. The number of rotatable bonds is 3. The lowest BCUT2D eigenvalue weighted by atomic mass is 9.84. The van der Waals surface area contributed by atoms with Gasteiger partial charge in [-0.2, -0.15) is 0 Å². The molecule has 1 spiro atoms. The van der Waals surface area contributed by atoms with E-state index in [4.69, 9.17) is 21.0 Å². The molecular formula is C34H22ClN3O4S. The molecule has 4 aromatic carbocycles. The second-order valence-electron chi connectivity index (χ2n) is 10.9. The van der Waals surface area contributed by atoms with Crippen LogP contribution < -0.4 is 15.2 Å². The SMILES string of the molecule is Cc1cc(C)c2nc(N3C(=O)c4oc5ccccc5c(=O)c4C34C(=O)N(Cc3ccccc3Cl)c3ccccc34)sc2c1. The molecule has 0 saturated heterocycles. The van der Waals surface area contributed by atoms with Crippen molar-refractivity contribution in [3.8, 4) is 0 Å². The van der Waals surface area contributed by atoms with Crippen LogP contribution in [0.3, 0.4) is 0 Å². The van der Waals surface area contributed by atoms with Crippen molar-refractivity contribution < 1.29 is 14.0 Å². The van der Waals surface area contributed by atoms with Crippen molar-refractivity contribution in [1.82, 2.24) is 4.98 Å². The fourth-order valence-electron chi connectivity index (χ4n) is 6.52. The summed E-state index contributed by atoms with van der Waals surface area (Å²) in [6, 6.07) is 25.4. The van der Waals surface area contributed by atoms with Crippen molar-refractivity contribution in [2.24, 2.45) is 0 Å². The highest BCUT2D eigenvalue weighted by Crippen LogP contribution is 2.55. The van der Waals surface area contributed by atoms with E-state index in [2.05, 4.69) is 0 Å². The maximum atomic E-state index is 15.1. The zero-order chi connectivity index (χ0) is 29.6. The Balaban J connectivity index is 1.46. The van der Waals surface area contributed by atoms with E-state index in [9.17, 15) is 9.59 Å². The predicted molar refractivity (Wildman–Crippen MR) is 168 cm³/mol. The lowest BCUT2D eigenvalue weighted by molar-refractivity contribution is -0.121. The molecule has 1 atom stereocenters. The highest BCUT2D eigenvalue weighted by Gasteiger charge is 2.66. The standard InChI is InChI=1S/C34H22ClN3O4S/c1-18-15-19(2)28-26(16-18)43-33(36-28)38-31(40)30-27(29(39)21-10-4-8-14-25(21)42-30)34(38)22-11-5-7-13-24(22)37(32(34)41)17-20-9-3-6-12-23(20)35/h3-16H,17H2,1-2H3. The molecule has 0 N–H and O–H groups in total. The van der Waals surface area contributed by atoms with Crippen LogP contribution in [0.25, 0.3) is 21.2 Å². The molecule has 2 aliphatic rings. The third kappa shape index (κ3) is 3.42. The number of carbonyl (C=O) groups excluding carboxylic acids is 2. The first kappa shape index (κ1) is 25.9. The number of anilines is 2. The fourth-order valence-corrected chi connectivity index (χ4v) is 7.91. The number of para-hydroxylation sites is 2. The first-order valence-electron chi connectivity index (χ1n) is 13.7. The van der Waals surface area contributed by atoms with E-state index in [1.165, 1.54) is 16.2 Å². The van der Waals surface area contributed by atoms with Gasteiger partial charge >= 0.3 is 0 Å². The molecule has 0 fully saturated rings. The third-order valence-corrected chi connectivity index (χ3v) is 9.68. The molecule has 2 aliphatic heterocycles. The zero-order valence-corrected chi connectivity index (χ0v) is 24.6. The second-order valence-corrected chi connectivity index (χ2v) is 12.3. The average molecular weight is 604 g/mol. The van der Waals surface area contributed by atoms with E-state index < -0.39 is 22.8 Å². The molecule has 6 aromatic rings. The van der Waals surface area contributed by atoms with Crippen molar-refractivity contribution >= 4 is 66.8 Å². The maximum absolute atomic E-state index is 15.1. The zero-order valence-electron chi connectivity index (χ0n) is 23.1. The van der Waals surface area contributed by atoms with Gasteiger partial charge in [0, 0.05) is 10.6 Å². The summed E-state index contributed by atoms with van der Waals surface area (Å²) in [4.78, 5) is 51.9. The van der Waals surface area contributed by atoms with Gasteiger partial charge in [-0.05, 0) is 60.9 Å². The second kappa shape index (κ2) is 9.10. The molecule has 43 heavy (non-hydrogen) atoms. The fraction of sp³-hybridized carbons (Fsp3) is 0.118. The van der Waals surface area contributed by atoms with Crippen LogP contribution >= 0.6 is 22.9 Å². The van der Waals surface area contributed by atoms with Crippen LogP contribution in [0.2, 0.25) is 5.02 Å². The predicted octanol–water partition coefficient (Wildman–Crippen LogP) is 7.12. The number of hydrogen-bond donors (Lipinski definition) is 0. The molecular weight excluding hydrogens is 582 g/mol. The first-order chi connectivity index (χ1) is 20.8. The van der Waals surface area contributed by atoms with Gasteiger partial charge in [0.1, 0.15) is 5.58 Å². The Morgan fingerprint density at radius 3 is 2.51 bits per heavy atom. The Morgan fingerprint density at radius 2 is 1.67 bits per heavy atom. The largest absolute Gasteiger partial charge is 0.450 e. The van der Waals surface area contributed by atoms with Gasteiger partial charge in [0.2, 0.25) is 5.76 Å². The van der Waals surface area contributed by atoms with Crippen LogP contribution in [0.5, 0.6) is 0 Å².